The Morgan fingerprint density at radius 3 is 2.22 bits per heavy atom. The van der Waals surface area contributed by atoms with Gasteiger partial charge in [-0.2, -0.15) is 0 Å². The minimum atomic E-state index is -0.378. The molecule has 0 unspecified atom stereocenters. The summed E-state index contributed by atoms with van der Waals surface area (Å²) in [7, 11) is 0. The molecule has 3 aromatic carbocycles. The summed E-state index contributed by atoms with van der Waals surface area (Å²) in [6, 6.07) is 20.9. The van der Waals surface area contributed by atoms with Crippen molar-refractivity contribution in [2.24, 2.45) is 0 Å². The maximum atomic E-state index is 12.5. The Balaban J connectivity index is 1.69. The fourth-order valence-electron chi connectivity index (χ4n) is 2.47. The van der Waals surface area contributed by atoms with Crippen LogP contribution in [0.1, 0.15) is 26.3 Å². The number of nitrogens with one attached hydrogen (secondary N) is 2. The molecule has 27 heavy (non-hydrogen) atoms. The molecule has 0 spiro atoms. The lowest BCUT2D eigenvalue weighted by atomic mass is 10.1. The Bertz CT molecular complexity index is 975. The quantitative estimate of drug-likeness (QED) is 0.622. The van der Waals surface area contributed by atoms with E-state index in [2.05, 4.69) is 10.6 Å². The van der Waals surface area contributed by atoms with E-state index in [1.54, 1.807) is 36.4 Å². The molecule has 0 atom stereocenters. The third-order valence-corrected chi connectivity index (χ3v) is 4.42. The number of carbonyl (C=O) groups is 2. The van der Waals surface area contributed by atoms with Gasteiger partial charge in [0.1, 0.15) is 0 Å². The molecule has 0 aliphatic carbocycles. The van der Waals surface area contributed by atoms with E-state index in [4.69, 9.17) is 23.2 Å². The first kappa shape index (κ1) is 19.0. The number of hydrogen-bond acceptors (Lipinski definition) is 2. The summed E-state index contributed by atoms with van der Waals surface area (Å²) in [6.07, 6.45) is 0. The molecule has 0 aromatic heterocycles. The van der Waals surface area contributed by atoms with Gasteiger partial charge in [0.15, 0.2) is 0 Å². The van der Waals surface area contributed by atoms with Crippen molar-refractivity contribution in [3.05, 3.63) is 99.5 Å². The highest BCUT2D eigenvalue weighted by Gasteiger charge is 2.12. The van der Waals surface area contributed by atoms with Gasteiger partial charge in [0, 0.05) is 22.7 Å². The van der Waals surface area contributed by atoms with Crippen molar-refractivity contribution in [2.75, 3.05) is 5.32 Å². The number of carbonyl (C=O) groups excluding carboxylic acids is 2. The average molecular weight is 399 g/mol. The Morgan fingerprint density at radius 1 is 0.778 bits per heavy atom. The predicted octanol–water partition coefficient (Wildman–Crippen LogP) is 5.18. The van der Waals surface area contributed by atoms with Gasteiger partial charge in [0.2, 0.25) is 0 Å². The number of rotatable bonds is 5. The normalized spacial score (nSPS) is 10.3. The Kier molecular flexibility index (Phi) is 6.12. The first-order valence-corrected chi connectivity index (χ1v) is 8.97. The van der Waals surface area contributed by atoms with Crippen molar-refractivity contribution in [1.29, 1.82) is 0 Å². The smallest absolute Gasteiger partial charge is 0.255 e. The van der Waals surface area contributed by atoms with Crippen LogP contribution >= 0.6 is 23.2 Å². The molecular weight excluding hydrogens is 383 g/mol. The SMILES string of the molecule is O=C(NCc1ccccc1)c1cccc(C(=O)Nc2cc(Cl)ccc2Cl)c1. The second kappa shape index (κ2) is 8.71. The van der Waals surface area contributed by atoms with Crippen LogP contribution in [0.15, 0.2) is 72.8 Å². The van der Waals surface area contributed by atoms with Gasteiger partial charge in [-0.3, -0.25) is 9.59 Å². The average Bonchev–Trinajstić information content (AvgIpc) is 2.69. The molecule has 4 nitrogen and oxygen atoms in total. The second-order valence-electron chi connectivity index (χ2n) is 5.83. The lowest BCUT2D eigenvalue weighted by molar-refractivity contribution is 0.0951. The number of amides is 2. The van der Waals surface area contributed by atoms with Crippen molar-refractivity contribution in [3.8, 4) is 0 Å². The minimum absolute atomic E-state index is 0.255. The van der Waals surface area contributed by atoms with Crippen molar-refractivity contribution in [1.82, 2.24) is 5.32 Å². The molecule has 3 rings (SSSR count). The molecule has 136 valence electrons. The van der Waals surface area contributed by atoms with Crippen LogP contribution in [-0.4, -0.2) is 11.8 Å². The summed E-state index contributed by atoms with van der Waals surface area (Å²) in [5.74, 6) is -0.633. The number of hydrogen-bond donors (Lipinski definition) is 2. The monoisotopic (exact) mass is 398 g/mol. The topological polar surface area (TPSA) is 58.2 Å². The van der Waals surface area contributed by atoms with Crippen LogP contribution in [0, 0.1) is 0 Å². The van der Waals surface area contributed by atoms with Crippen molar-refractivity contribution in [2.45, 2.75) is 6.54 Å². The molecule has 0 saturated heterocycles. The molecule has 0 fully saturated rings. The molecule has 6 heteroatoms. The number of anilines is 1. The van der Waals surface area contributed by atoms with Gasteiger partial charge in [-0.05, 0) is 42.0 Å². The first-order chi connectivity index (χ1) is 13.0. The van der Waals surface area contributed by atoms with Crippen molar-refractivity contribution in [3.63, 3.8) is 0 Å². The van der Waals surface area contributed by atoms with Crippen LogP contribution in [0.2, 0.25) is 10.0 Å². The Morgan fingerprint density at radius 2 is 1.48 bits per heavy atom. The van der Waals surface area contributed by atoms with Crippen LogP contribution in [0.4, 0.5) is 5.69 Å². The highest BCUT2D eigenvalue weighted by atomic mass is 35.5. The second-order valence-corrected chi connectivity index (χ2v) is 6.67. The van der Waals surface area contributed by atoms with E-state index in [0.717, 1.165) is 5.56 Å². The van der Waals surface area contributed by atoms with E-state index >= 15 is 0 Å². The van der Waals surface area contributed by atoms with E-state index in [1.807, 2.05) is 30.3 Å². The van der Waals surface area contributed by atoms with Gasteiger partial charge < -0.3 is 10.6 Å². The molecule has 2 amide bonds. The van der Waals surface area contributed by atoms with E-state index < -0.39 is 0 Å². The summed E-state index contributed by atoms with van der Waals surface area (Å²) in [4.78, 5) is 24.9. The minimum Gasteiger partial charge on any atom is -0.348 e. The molecule has 0 heterocycles. The van der Waals surface area contributed by atoms with Gasteiger partial charge in [-0.15, -0.1) is 0 Å². The maximum Gasteiger partial charge on any atom is 0.255 e. The van der Waals surface area contributed by atoms with Crippen LogP contribution < -0.4 is 10.6 Å². The molecule has 0 radical (unpaired) electrons. The van der Waals surface area contributed by atoms with Crippen LogP contribution in [0.5, 0.6) is 0 Å². The van der Waals surface area contributed by atoms with Crippen LogP contribution in [-0.2, 0) is 6.54 Å². The highest BCUT2D eigenvalue weighted by molar-refractivity contribution is 6.35. The fourth-order valence-corrected chi connectivity index (χ4v) is 2.81. The molecule has 3 aromatic rings. The van der Waals surface area contributed by atoms with E-state index in [0.29, 0.717) is 33.4 Å². The zero-order valence-corrected chi connectivity index (χ0v) is 15.7. The van der Waals surface area contributed by atoms with Crippen molar-refractivity contribution >= 4 is 40.7 Å². The van der Waals surface area contributed by atoms with E-state index in [-0.39, 0.29) is 11.8 Å². The molecule has 0 bridgehead atoms. The van der Waals surface area contributed by atoms with Gasteiger partial charge in [0.05, 0.1) is 10.7 Å². The molecular formula is C21H16Cl2N2O2. The Labute approximate surface area is 167 Å². The largest absolute Gasteiger partial charge is 0.348 e. The lowest BCUT2D eigenvalue weighted by Crippen LogP contribution is -2.23. The summed E-state index contributed by atoms with van der Waals surface area (Å²) >= 11 is 12.0. The molecule has 0 saturated carbocycles. The zero-order chi connectivity index (χ0) is 19.2. The summed E-state index contributed by atoms with van der Waals surface area (Å²) in [5.41, 5.74) is 2.15. The highest BCUT2D eigenvalue weighted by Crippen LogP contribution is 2.26. The molecule has 0 aliphatic heterocycles. The van der Waals surface area contributed by atoms with Gasteiger partial charge in [-0.1, -0.05) is 59.6 Å². The Hall–Kier alpha value is -2.82. The summed E-state index contributed by atoms with van der Waals surface area (Å²) in [5, 5.41) is 6.38. The predicted molar refractivity (Wildman–Crippen MR) is 108 cm³/mol. The summed E-state index contributed by atoms with van der Waals surface area (Å²) in [6.45, 7) is 0.411. The standard InChI is InChI=1S/C21H16Cl2N2O2/c22-17-9-10-18(23)19(12-17)25-21(27)16-8-4-7-15(11-16)20(26)24-13-14-5-2-1-3-6-14/h1-12H,13H2,(H,24,26)(H,25,27). The molecule has 2 N–H and O–H groups in total. The fraction of sp³-hybridized carbons (Fsp3) is 0.0476. The van der Waals surface area contributed by atoms with Crippen LogP contribution in [0.25, 0.3) is 0 Å². The number of halogens is 2. The van der Waals surface area contributed by atoms with Gasteiger partial charge in [0.25, 0.3) is 11.8 Å². The van der Waals surface area contributed by atoms with Crippen molar-refractivity contribution < 1.29 is 9.59 Å². The molecule has 0 aliphatic rings. The zero-order valence-electron chi connectivity index (χ0n) is 14.2. The summed E-state index contributed by atoms with van der Waals surface area (Å²) < 4.78 is 0. The number of benzene rings is 3. The third-order valence-electron chi connectivity index (χ3n) is 3.86. The van der Waals surface area contributed by atoms with E-state index in [9.17, 15) is 9.59 Å². The third kappa shape index (κ3) is 5.09. The van der Waals surface area contributed by atoms with Gasteiger partial charge >= 0.3 is 0 Å². The van der Waals surface area contributed by atoms with Crippen LogP contribution in [0.3, 0.4) is 0 Å². The lowest BCUT2D eigenvalue weighted by Gasteiger charge is -2.09. The first-order valence-electron chi connectivity index (χ1n) is 8.21. The van der Waals surface area contributed by atoms with Gasteiger partial charge in [-0.25, -0.2) is 0 Å². The maximum absolute atomic E-state index is 12.5. The van der Waals surface area contributed by atoms with E-state index in [1.165, 1.54) is 6.07 Å².